The van der Waals surface area contributed by atoms with Gasteiger partial charge in [0, 0.05) is 28.9 Å². The molecule has 7 heteroatoms. The lowest BCUT2D eigenvalue weighted by Gasteiger charge is -2.29. The minimum absolute atomic E-state index is 0.390. The fourth-order valence-electron chi connectivity index (χ4n) is 2.96. The van der Waals surface area contributed by atoms with Crippen molar-refractivity contribution in [3.05, 3.63) is 22.0 Å². The van der Waals surface area contributed by atoms with E-state index in [1.165, 1.54) is 11.3 Å². The number of nitrogens with zero attached hydrogens (tertiary/aromatic N) is 2. The number of hydrogen-bond donors (Lipinski definition) is 0. The van der Waals surface area contributed by atoms with E-state index >= 15 is 0 Å². The van der Waals surface area contributed by atoms with Crippen molar-refractivity contribution in [3.8, 4) is 11.3 Å². The number of hydrogen-bond acceptors (Lipinski definition) is 5. The molecule has 3 rings (SSSR count). The van der Waals surface area contributed by atoms with Crippen LogP contribution in [0.15, 0.2) is 21.7 Å². The van der Waals surface area contributed by atoms with E-state index in [2.05, 4.69) is 12.1 Å². The first-order valence-corrected chi connectivity index (χ1v) is 9.68. The molecule has 2 aromatic heterocycles. The summed E-state index contributed by atoms with van der Waals surface area (Å²) in [7, 11) is -3.50. The van der Waals surface area contributed by atoms with E-state index in [0.29, 0.717) is 35.2 Å². The summed E-state index contributed by atoms with van der Waals surface area (Å²) in [5.41, 5.74) is 0.665. The number of rotatable bonds is 3. The quantitative estimate of drug-likeness (QED) is 0.858. The average molecular weight is 340 g/mol. The van der Waals surface area contributed by atoms with Crippen LogP contribution in [-0.4, -0.2) is 31.0 Å². The van der Waals surface area contributed by atoms with Gasteiger partial charge < -0.3 is 4.52 Å². The fourth-order valence-corrected chi connectivity index (χ4v) is 6.25. The molecule has 1 saturated heterocycles. The van der Waals surface area contributed by atoms with Crippen LogP contribution in [0.3, 0.4) is 0 Å². The Kier molecular flexibility index (Phi) is 4.13. The minimum atomic E-state index is -3.50. The van der Waals surface area contributed by atoms with Crippen LogP contribution in [0, 0.1) is 19.8 Å². The van der Waals surface area contributed by atoms with Gasteiger partial charge in [0.15, 0.2) is 5.76 Å². The van der Waals surface area contributed by atoms with Gasteiger partial charge in [0.05, 0.1) is 11.8 Å². The van der Waals surface area contributed by atoms with Crippen molar-refractivity contribution in [1.82, 2.24) is 9.46 Å². The SMILES string of the molecule is Cc1sc(C)c(S(=O)(=O)N2CCC(C)CC2)c1-c1ccno1. The summed E-state index contributed by atoms with van der Waals surface area (Å²) in [5.74, 6) is 1.11. The van der Waals surface area contributed by atoms with E-state index in [0.717, 1.165) is 22.6 Å². The highest BCUT2D eigenvalue weighted by molar-refractivity contribution is 7.89. The van der Waals surface area contributed by atoms with Crippen LogP contribution in [0.1, 0.15) is 29.5 Å². The van der Waals surface area contributed by atoms with Crippen molar-refractivity contribution < 1.29 is 12.9 Å². The smallest absolute Gasteiger partial charge is 0.244 e. The predicted molar refractivity (Wildman–Crippen MR) is 86.4 cm³/mol. The standard InChI is InChI=1S/C15H20N2O3S2/c1-10-5-8-17(9-6-10)22(18,19)15-12(3)21-11(2)14(15)13-4-7-16-20-13/h4,7,10H,5-6,8-9H2,1-3H3. The number of aromatic nitrogens is 1. The maximum Gasteiger partial charge on any atom is 0.244 e. The third-order valence-corrected chi connectivity index (χ3v) is 7.45. The topological polar surface area (TPSA) is 63.4 Å². The number of aryl methyl sites for hydroxylation is 2. The molecule has 3 heterocycles. The zero-order valence-electron chi connectivity index (χ0n) is 13.0. The molecule has 1 fully saturated rings. The lowest BCUT2D eigenvalue weighted by molar-refractivity contribution is 0.288. The summed E-state index contributed by atoms with van der Waals surface area (Å²) >= 11 is 1.49. The van der Waals surface area contributed by atoms with Gasteiger partial charge in [0.25, 0.3) is 0 Å². The highest BCUT2D eigenvalue weighted by Gasteiger charge is 2.34. The van der Waals surface area contributed by atoms with Crippen LogP contribution < -0.4 is 0 Å². The molecule has 0 saturated carbocycles. The van der Waals surface area contributed by atoms with Crippen molar-refractivity contribution in [2.75, 3.05) is 13.1 Å². The molecular formula is C15H20N2O3S2. The maximum atomic E-state index is 13.1. The monoisotopic (exact) mass is 340 g/mol. The summed E-state index contributed by atoms with van der Waals surface area (Å²) in [6, 6.07) is 1.71. The third kappa shape index (κ3) is 2.61. The molecular weight excluding hydrogens is 320 g/mol. The Labute approximate surface area is 135 Å². The second-order valence-corrected chi connectivity index (χ2v) is 9.19. The first kappa shape index (κ1) is 15.7. The summed E-state index contributed by atoms with van der Waals surface area (Å²) in [6.45, 7) is 7.13. The Morgan fingerprint density at radius 2 is 1.95 bits per heavy atom. The minimum Gasteiger partial charge on any atom is -0.356 e. The van der Waals surface area contributed by atoms with Crippen molar-refractivity contribution in [3.63, 3.8) is 0 Å². The third-order valence-electron chi connectivity index (χ3n) is 4.23. The van der Waals surface area contributed by atoms with Crippen LogP contribution in [-0.2, 0) is 10.0 Å². The van der Waals surface area contributed by atoms with Gasteiger partial charge in [-0.25, -0.2) is 8.42 Å². The molecule has 0 bridgehead atoms. The molecule has 0 radical (unpaired) electrons. The van der Waals surface area contributed by atoms with Gasteiger partial charge >= 0.3 is 0 Å². The highest BCUT2D eigenvalue weighted by atomic mass is 32.2. The van der Waals surface area contributed by atoms with Gasteiger partial charge in [-0.2, -0.15) is 4.31 Å². The maximum absolute atomic E-state index is 13.1. The van der Waals surface area contributed by atoms with E-state index in [1.807, 2.05) is 13.8 Å². The second kappa shape index (κ2) is 5.79. The Hall–Kier alpha value is -1.18. The average Bonchev–Trinajstić information content (AvgIpc) is 3.06. The zero-order valence-corrected chi connectivity index (χ0v) is 14.6. The first-order chi connectivity index (χ1) is 10.4. The molecule has 0 aromatic carbocycles. The molecule has 22 heavy (non-hydrogen) atoms. The van der Waals surface area contributed by atoms with Gasteiger partial charge in [-0.1, -0.05) is 12.1 Å². The normalized spacial score (nSPS) is 18.0. The lowest BCUT2D eigenvalue weighted by Crippen LogP contribution is -2.38. The molecule has 0 aliphatic carbocycles. The molecule has 0 atom stereocenters. The van der Waals surface area contributed by atoms with Crippen LogP contribution in [0.2, 0.25) is 0 Å². The van der Waals surface area contributed by atoms with Crippen LogP contribution >= 0.6 is 11.3 Å². The zero-order chi connectivity index (χ0) is 15.9. The van der Waals surface area contributed by atoms with Crippen molar-refractivity contribution >= 4 is 21.4 Å². The molecule has 1 aliphatic heterocycles. The fraction of sp³-hybridized carbons (Fsp3) is 0.533. The van der Waals surface area contributed by atoms with Crippen LogP contribution in [0.5, 0.6) is 0 Å². The predicted octanol–water partition coefficient (Wildman–Crippen LogP) is 3.44. The molecule has 0 spiro atoms. The molecule has 0 unspecified atom stereocenters. The van der Waals surface area contributed by atoms with Crippen molar-refractivity contribution in [2.45, 2.75) is 38.5 Å². The van der Waals surface area contributed by atoms with E-state index in [9.17, 15) is 8.42 Å². The van der Waals surface area contributed by atoms with Gasteiger partial charge in [0.1, 0.15) is 4.90 Å². The van der Waals surface area contributed by atoms with Crippen molar-refractivity contribution in [2.24, 2.45) is 5.92 Å². The van der Waals surface area contributed by atoms with Gasteiger partial charge in [-0.05, 0) is 32.6 Å². The van der Waals surface area contributed by atoms with E-state index in [-0.39, 0.29) is 0 Å². The first-order valence-electron chi connectivity index (χ1n) is 7.42. The van der Waals surface area contributed by atoms with Crippen LogP contribution in [0.25, 0.3) is 11.3 Å². The van der Waals surface area contributed by atoms with Gasteiger partial charge in [-0.3, -0.25) is 0 Å². The Morgan fingerprint density at radius 3 is 2.55 bits per heavy atom. The van der Waals surface area contributed by atoms with Gasteiger partial charge in [0.2, 0.25) is 10.0 Å². The van der Waals surface area contributed by atoms with Crippen LogP contribution in [0.4, 0.5) is 0 Å². The van der Waals surface area contributed by atoms with E-state index in [1.54, 1.807) is 16.6 Å². The lowest BCUT2D eigenvalue weighted by atomic mass is 10.0. The molecule has 120 valence electrons. The Balaban J connectivity index is 2.08. The summed E-state index contributed by atoms with van der Waals surface area (Å²) in [6.07, 6.45) is 3.37. The Bertz CT molecular complexity index is 755. The summed E-state index contributed by atoms with van der Waals surface area (Å²) < 4.78 is 33.1. The largest absolute Gasteiger partial charge is 0.356 e. The summed E-state index contributed by atoms with van der Waals surface area (Å²) in [4.78, 5) is 2.14. The van der Waals surface area contributed by atoms with E-state index in [4.69, 9.17) is 4.52 Å². The molecule has 0 amide bonds. The van der Waals surface area contributed by atoms with Crippen molar-refractivity contribution in [1.29, 1.82) is 0 Å². The number of piperidine rings is 1. The molecule has 2 aromatic rings. The molecule has 0 N–H and O–H groups in total. The number of thiophene rings is 1. The number of sulfonamides is 1. The second-order valence-electron chi connectivity index (χ2n) is 5.88. The molecule has 5 nitrogen and oxygen atoms in total. The highest BCUT2D eigenvalue weighted by Crippen LogP contribution is 2.40. The molecule has 1 aliphatic rings. The van der Waals surface area contributed by atoms with E-state index < -0.39 is 10.0 Å². The Morgan fingerprint density at radius 1 is 1.27 bits per heavy atom. The summed E-state index contributed by atoms with van der Waals surface area (Å²) in [5, 5.41) is 3.72. The van der Waals surface area contributed by atoms with Gasteiger partial charge in [-0.15, -0.1) is 11.3 Å².